The zero-order valence-electron chi connectivity index (χ0n) is 6.72. The van der Waals surface area contributed by atoms with E-state index in [0.717, 1.165) is 12.5 Å². The highest BCUT2D eigenvalue weighted by molar-refractivity contribution is 6.31. The van der Waals surface area contributed by atoms with Gasteiger partial charge in [-0.05, 0) is 0 Å². The van der Waals surface area contributed by atoms with Crippen molar-refractivity contribution in [1.29, 1.82) is 0 Å². The summed E-state index contributed by atoms with van der Waals surface area (Å²) in [5, 5.41) is 17.2. The molecule has 1 heterocycles. The zero-order chi connectivity index (χ0) is 10.7. The zero-order valence-corrected chi connectivity index (χ0v) is 7.47. The SMILES string of the molecule is O=C(O)C(C(=O)O)c1ncncc1Cl. The number of halogens is 1. The molecule has 1 aromatic heterocycles. The Kier molecular flexibility index (Phi) is 2.98. The first kappa shape index (κ1) is 10.4. The number of aliphatic carboxylic acids is 2. The van der Waals surface area contributed by atoms with E-state index in [2.05, 4.69) is 9.97 Å². The van der Waals surface area contributed by atoms with Gasteiger partial charge >= 0.3 is 11.9 Å². The molecule has 0 aliphatic rings. The maximum atomic E-state index is 10.6. The molecule has 0 radical (unpaired) electrons. The molecule has 74 valence electrons. The number of hydrogen-bond acceptors (Lipinski definition) is 4. The van der Waals surface area contributed by atoms with Gasteiger partial charge in [-0.25, -0.2) is 9.97 Å². The van der Waals surface area contributed by atoms with Gasteiger partial charge in [0.05, 0.1) is 10.7 Å². The molecule has 0 aliphatic heterocycles. The Balaban J connectivity index is 3.18. The normalized spacial score (nSPS) is 10.1. The van der Waals surface area contributed by atoms with Crippen molar-refractivity contribution in [2.24, 2.45) is 0 Å². The molecule has 0 aromatic carbocycles. The summed E-state index contributed by atoms with van der Waals surface area (Å²) in [6.45, 7) is 0. The minimum Gasteiger partial charge on any atom is -0.480 e. The lowest BCUT2D eigenvalue weighted by Crippen LogP contribution is -2.22. The summed E-state index contributed by atoms with van der Waals surface area (Å²) in [6, 6.07) is 0. The van der Waals surface area contributed by atoms with Gasteiger partial charge in [-0.1, -0.05) is 11.6 Å². The molecule has 2 N–H and O–H groups in total. The van der Waals surface area contributed by atoms with Gasteiger partial charge in [0.2, 0.25) is 0 Å². The van der Waals surface area contributed by atoms with Crippen LogP contribution in [0.15, 0.2) is 12.5 Å². The van der Waals surface area contributed by atoms with Crippen molar-refractivity contribution in [1.82, 2.24) is 9.97 Å². The summed E-state index contributed by atoms with van der Waals surface area (Å²) >= 11 is 5.56. The van der Waals surface area contributed by atoms with Crippen LogP contribution >= 0.6 is 11.6 Å². The highest BCUT2D eigenvalue weighted by Crippen LogP contribution is 2.21. The van der Waals surface area contributed by atoms with E-state index in [1.54, 1.807) is 0 Å². The smallest absolute Gasteiger partial charge is 0.324 e. The molecule has 0 saturated carbocycles. The first-order valence-electron chi connectivity index (χ1n) is 3.45. The van der Waals surface area contributed by atoms with Gasteiger partial charge in [-0.2, -0.15) is 0 Å². The lowest BCUT2D eigenvalue weighted by Gasteiger charge is -2.06. The van der Waals surface area contributed by atoms with E-state index in [9.17, 15) is 9.59 Å². The third-order valence-electron chi connectivity index (χ3n) is 1.46. The Morgan fingerprint density at radius 1 is 1.36 bits per heavy atom. The lowest BCUT2D eigenvalue weighted by molar-refractivity contribution is -0.150. The quantitative estimate of drug-likeness (QED) is 0.709. The summed E-state index contributed by atoms with van der Waals surface area (Å²) in [5.41, 5.74) is -0.221. The Labute approximate surface area is 83.2 Å². The van der Waals surface area contributed by atoms with Crippen LogP contribution in [0.25, 0.3) is 0 Å². The second-order valence-corrected chi connectivity index (χ2v) is 2.77. The Morgan fingerprint density at radius 2 is 1.93 bits per heavy atom. The van der Waals surface area contributed by atoms with E-state index < -0.39 is 17.9 Å². The Hall–Kier alpha value is -1.69. The van der Waals surface area contributed by atoms with Crippen LogP contribution in [0.5, 0.6) is 0 Å². The van der Waals surface area contributed by atoms with Gasteiger partial charge in [0.1, 0.15) is 6.33 Å². The first-order chi connectivity index (χ1) is 6.54. The Bertz CT molecular complexity index is 368. The molecular weight excluding hydrogens is 212 g/mol. The molecule has 0 unspecified atom stereocenters. The van der Waals surface area contributed by atoms with Gasteiger partial charge < -0.3 is 10.2 Å². The largest absolute Gasteiger partial charge is 0.480 e. The van der Waals surface area contributed by atoms with Crippen LogP contribution < -0.4 is 0 Å². The first-order valence-corrected chi connectivity index (χ1v) is 3.83. The van der Waals surface area contributed by atoms with Crippen LogP contribution in [0.1, 0.15) is 11.6 Å². The Morgan fingerprint density at radius 3 is 2.36 bits per heavy atom. The maximum absolute atomic E-state index is 10.6. The maximum Gasteiger partial charge on any atom is 0.324 e. The fourth-order valence-electron chi connectivity index (χ4n) is 0.874. The van der Waals surface area contributed by atoms with Crippen LogP contribution in [0.3, 0.4) is 0 Å². The number of nitrogens with zero attached hydrogens (tertiary/aromatic N) is 2. The molecule has 7 heteroatoms. The van der Waals surface area contributed by atoms with Crippen LogP contribution in [0.4, 0.5) is 0 Å². The molecular formula is C7H5ClN2O4. The van der Waals surface area contributed by atoms with Gasteiger partial charge in [-0.15, -0.1) is 0 Å². The van der Waals surface area contributed by atoms with Crippen molar-refractivity contribution in [3.05, 3.63) is 23.2 Å². The molecule has 0 amide bonds. The predicted octanol–water partition coefficient (Wildman–Crippen LogP) is 0.383. The van der Waals surface area contributed by atoms with Crippen molar-refractivity contribution in [2.75, 3.05) is 0 Å². The van der Waals surface area contributed by atoms with Gasteiger partial charge in [-0.3, -0.25) is 9.59 Å². The molecule has 14 heavy (non-hydrogen) atoms. The summed E-state index contributed by atoms with van der Waals surface area (Å²) in [7, 11) is 0. The number of hydrogen-bond donors (Lipinski definition) is 2. The molecule has 1 aromatic rings. The number of carboxylic acid groups (broad SMARTS) is 2. The van der Waals surface area contributed by atoms with E-state index >= 15 is 0 Å². The number of carboxylic acids is 2. The molecule has 0 spiro atoms. The monoisotopic (exact) mass is 216 g/mol. The highest BCUT2D eigenvalue weighted by atomic mass is 35.5. The van der Waals surface area contributed by atoms with Gasteiger partial charge in [0, 0.05) is 6.20 Å². The van der Waals surface area contributed by atoms with Crippen LogP contribution in [0.2, 0.25) is 5.02 Å². The number of carbonyl (C=O) groups is 2. The van der Waals surface area contributed by atoms with E-state index in [1.807, 2.05) is 0 Å². The second kappa shape index (κ2) is 4.01. The van der Waals surface area contributed by atoms with E-state index in [0.29, 0.717) is 0 Å². The van der Waals surface area contributed by atoms with E-state index in [-0.39, 0.29) is 10.7 Å². The van der Waals surface area contributed by atoms with Crippen molar-refractivity contribution in [2.45, 2.75) is 5.92 Å². The molecule has 0 fully saturated rings. The molecule has 1 rings (SSSR count). The summed E-state index contributed by atoms with van der Waals surface area (Å²) in [4.78, 5) is 28.2. The number of rotatable bonds is 3. The molecule has 0 atom stereocenters. The molecule has 0 bridgehead atoms. The van der Waals surface area contributed by atoms with Crippen molar-refractivity contribution >= 4 is 23.5 Å². The second-order valence-electron chi connectivity index (χ2n) is 2.37. The minimum atomic E-state index is -1.76. The third-order valence-corrected chi connectivity index (χ3v) is 1.75. The highest BCUT2D eigenvalue weighted by Gasteiger charge is 2.31. The standard InChI is InChI=1S/C7H5ClN2O4/c8-3-1-9-2-10-5(3)4(6(11)12)7(13)14/h1-2,4H,(H,11,12)(H,13,14). The summed E-state index contributed by atoms with van der Waals surface area (Å²) in [5.74, 6) is -4.79. The van der Waals surface area contributed by atoms with E-state index in [1.165, 1.54) is 0 Å². The minimum absolute atomic E-state index is 0.0812. The average Bonchev–Trinajstić information content (AvgIpc) is 2.07. The van der Waals surface area contributed by atoms with Crippen molar-refractivity contribution in [3.63, 3.8) is 0 Å². The third kappa shape index (κ3) is 1.97. The van der Waals surface area contributed by atoms with Gasteiger partial charge in [0.15, 0.2) is 5.92 Å². The van der Waals surface area contributed by atoms with E-state index in [4.69, 9.17) is 21.8 Å². The molecule has 0 saturated heterocycles. The fraction of sp³-hybridized carbons (Fsp3) is 0.143. The van der Waals surface area contributed by atoms with Crippen LogP contribution in [-0.4, -0.2) is 32.1 Å². The van der Waals surface area contributed by atoms with Crippen molar-refractivity contribution in [3.8, 4) is 0 Å². The van der Waals surface area contributed by atoms with Crippen LogP contribution in [0, 0.1) is 0 Å². The number of aromatic nitrogens is 2. The van der Waals surface area contributed by atoms with Gasteiger partial charge in [0.25, 0.3) is 0 Å². The summed E-state index contributed by atoms with van der Waals surface area (Å²) < 4.78 is 0. The lowest BCUT2D eigenvalue weighted by atomic mass is 10.1. The fourth-order valence-corrected chi connectivity index (χ4v) is 1.09. The van der Waals surface area contributed by atoms with Crippen molar-refractivity contribution < 1.29 is 19.8 Å². The predicted molar refractivity (Wildman–Crippen MR) is 45.1 cm³/mol. The average molecular weight is 217 g/mol. The molecule has 6 nitrogen and oxygen atoms in total. The van der Waals surface area contributed by atoms with Crippen LogP contribution in [-0.2, 0) is 9.59 Å². The topological polar surface area (TPSA) is 100 Å². The molecule has 0 aliphatic carbocycles. The summed E-state index contributed by atoms with van der Waals surface area (Å²) in [6.07, 6.45) is 2.18.